The van der Waals surface area contributed by atoms with Gasteiger partial charge in [0.25, 0.3) is 5.91 Å². The molecule has 0 bridgehead atoms. The predicted molar refractivity (Wildman–Crippen MR) is 99.9 cm³/mol. The third kappa shape index (κ3) is 4.26. The number of benzene rings is 1. The Balaban J connectivity index is 1.78. The molecule has 0 aliphatic carbocycles. The summed E-state index contributed by atoms with van der Waals surface area (Å²) in [7, 11) is 0. The lowest BCUT2D eigenvalue weighted by molar-refractivity contribution is 0.102. The first-order valence-electron chi connectivity index (χ1n) is 7.48. The van der Waals surface area contributed by atoms with E-state index in [1.807, 2.05) is 0 Å². The molecular formula is C17H13Cl2N5O2. The maximum absolute atomic E-state index is 12.4. The van der Waals surface area contributed by atoms with Gasteiger partial charge in [0.15, 0.2) is 5.82 Å². The molecule has 26 heavy (non-hydrogen) atoms. The summed E-state index contributed by atoms with van der Waals surface area (Å²) in [6, 6.07) is 9.75. The maximum Gasteiger partial charge on any atom is 0.258 e. The van der Waals surface area contributed by atoms with Crippen LogP contribution in [0.15, 0.2) is 48.8 Å². The molecule has 132 valence electrons. The van der Waals surface area contributed by atoms with Crippen molar-refractivity contribution >= 4 is 46.4 Å². The van der Waals surface area contributed by atoms with Gasteiger partial charge >= 0.3 is 0 Å². The lowest BCUT2D eigenvalue weighted by Crippen LogP contribution is -2.13. The van der Waals surface area contributed by atoms with Gasteiger partial charge in [-0.3, -0.25) is 4.79 Å². The van der Waals surface area contributed by atoms with Crippen LogP contribution in [0.25, 0.3) is 0 Å². The number of rotatable bonds is 5. The van der Waals surface area contributed by atoms with E-state index < -0.39 is 5.91 Å². The third-order valence-corrected chi connectivity index (χ3v) is 3.94. The number of hydrogen-bond donors (Lipinski definition) is 3. The van der Waals surface area contributed by atoms with Crippen LogP contribution in [-0.2, 0) is 6.61 Å². The largest absolute Gasteiger partial charge is 0.388 e. The van der Waals surface area contributed by atoms with Crippen LogP contribution in [0.3, 0.4) is 0 Å². The molecule has 2 aromatic heterocycles. The Kier molecular flexibility index (Phi) is 5.62. The van der Waals surface area contributed by atoms with Crippen molar-refractivity contribution in [3.05, 3.63) is 70.2 Å². The van der Waals surface area contributed by atoms with Gasteiger partial charge < -0.3 is 15.7 Å². The normalized spacial score (nSPS) is 10.4. The molecule has 1 aromatic carbocycles. The average molecular weight is 390 g/mol. The lowest BCUT2D eigenvalue weighted by atomic mass is 10.2. The molecule has 2 heterocycles. The molecule has 3 N–H and O–H groups in total. The van der Waals surface area contributed by atoms with Gasteiger partial charge in [0.05, 0.1) is 15.6 Å². The second-order valence-electron chi connectivity index (χ2n) is 5.12. The highest BCUT2D eigenvalue weighted by atomic mass is 35.5. The van der Waals surface area contributed by atoms with Crippen LogP contribution in [0.2, 0.25) is 10.0 Å². The Labute approximate surface area is 159 Å². The van der Waals surface area contributed by atoms with Crippen molar-refractivity contribution in [1.29, 1.82) is 0 Å². The second-order valence-corrected chi connectivity index (χ2v) is 5.94. The summed E-state index contributed by atoms with van der Waals surface area (Å²) in [6.45, 7) is -0.266. The van der Waals surface area contributed by atoms with E-state index in [0.717, 1.165) is 0 Å². The predicted octanol–water partition coefficient (Wildman–Crippen LogP) is 3.67. The minimum atomic E-state index is -0.428. The SMILES string of the molecule is O=C(Nc1ccnc(Nc2ccnc(CO)n2)c1)c1c(Cl)cccc1Cl. The summed E-state index contributed by atoms with van der Waals surface area (Å²) < 4.78 is 0. The van der Waals surface area contributed by atoms with Crippen LogP contribution in [-0.4, -0.2) is 26.0 Å². The summed E-state index contributed by atoms with van der Waals surface area (Å²) in [5.74, 6) is 0.778. The molecular weight excluding hydrogens is 377 g/mol. The highest BCUT2D eigenvalue weighted by Gasteiger charge is 2.15. The van der Waals surface area contributed by atoms with E-state index in [0.29, 0.717) is 17.3 Å². The number of anilines is 3. The molecule has 3 aromatic rings. The van der Waals surface area contributed by atoms with Crippen LogP contribution in [0.5, 0.6) is 0 Å². The van der Waals surface area contributed by atoms with Crippen LogP contribution in [0, 0.1) is 0 Å². The van der Waals surface area contributed by atoms with Crippen LogP contribution < -0.4 is 10.6 Å². The molecule has 0 atom stereocenters. The van der Waals surface area contributed by atoms with Gasteiger partial charge in [-0.15, -0.1) is 0 Å². The summed E-state index contributed by atoms with van der Waals surface area (Å²) in [5, 5.41) is 15.3. The van der Waals surface area contributed by atoms with Crippen molar-refractivity contribution in [2.24, 2.45) is 0 Å². The number of carbonyl (C=O) groups excluding carboxylic acids is 1. The number of carbonyl (C=O) groups is 1. The number of aliphatic hydroxyl groups excluding tert-OH is 1. The smallest absolute Gasteiger partial charge is 0.258 e. The number of pyridine rings is 1. The van der Waals surface area contributed by atoms with Gasteiger partial charge in [0, 0.05) is 24.1 Å². The first-order chi connectivity index (χ1) is 12.6. The Morgan fingerprint density at radius 1 is 1.04 bits per heavy atom. The molecule has 9 heteroatoms. The number of amides is 1. The molecule has 0 spiro atoms. The van der Waals surface area contributed by atoms with Gasteiger partial charge in [-0.1, -0.05) is 29.3 Å². The minimum absolute atomic E-state index is 0.200. The van der Waals surface area contributed by atoms with Crippen LogP contribution in [0.4, 0.5) is 17.3 Å². The molecule has 7 nitrogen and oxygen atoms in total. The van der Waals surface area contributed by atoms with Gasteiger partial charge in [-0.2, -0.15) is 0 Å². The number of hydrogen-bond acceptors (Lipinski definition) is 6. The van der Waals surface area contributed by atoms with Crippen molar-refractivity contribution in [1.82, 2.24) is 15.0 Å². The fraction of sp³-hybridized carbons (Fsp3) is 0.0588. The Bertz CT molecular complexity index is 932. The highest BCUT2D eigenvalue weighted by Crippen LogP contribution is 2.25. The van der Waals surface area contributed by atoms with Crippen molar-refractivity contribution in [3.8, 4) is 0 Å². The molecule has 3 rings (SSSR count). The van der Waals surface area contributed by atoms with Gasteiger partial charge in [-0.05, 0) is 24.3 Å². The van der Waals surface area contributed by atoms with Crippen LogP contribution >= 0.6 is 23.2 Å². The zero-order valence-corrected chi connectivity index (χ0v) is 14.8. The fourth-order valence-corrected chi connectivity index (χ4v) is 2.73. The van der Waals surface area contributed by atoms with E-state index in [9.17, 15) is 4.79 Å². The molecule has 0 unspecified atom stereocenters. The van der Waals surface area contributed by atoms with Crippen molar-refractivity contribution in [2.45, 2.75) is 6.61 Å². The Hall–Kier alpha value is -2.74. The van der Waals surface area contributed by atoms with Gasteiger partial charge in [0.2, 0.25) is 0 Å². The summed E-state index contributed by atoms with van der Waals surface area (Å²) in [6.07, 6.45) is 3.05. The number of nitrogens with zero attached hydrogens (tertiary/aromatic N) is 3. The maximum atomic E-state index is 12.4. The van der Waals surface area contributed by atoms with E-state index in [-0.39, 0.29) is 28.0 Å². The molecule has 0 saturated carbocycles. The number of aliphatic hydroxyl groups is 1. The summed E-state index contributed by atoms with van der Waals surface area (Å²) >= 11 is 12.1. The van der Waals surface area contributed by atoms with Crippen molar-refractivity contribution in [2.75, 3.05) is 10.6 Å². The van der Waals surface area contributed by atoms with E-state index >= 15 is 0 Å². The molecule has 0 saturated heterocycles. The molecule has 0 radical (unpaired) electrons. The first kappa shape index (κ1) is 18.1. The van der Waals surface area contributed by atoms with E-state index in [1.54, 1.807) is 36.4 Å². The van der Waals surface area contributed by atoms with E-state index in [1.165, 1.54) is 12.4 Å². The molecule has 0 fully saturated rings. The fourth-order valence-electron chi connectivity index (χ4n) is 2.16. The van der Waals surface area contributed by atoms with Crippen LogP contribution in [0.1, 0.15) is 16.2 Å². The highest BCUT2D eigenvalue weighted by molar-refractivity contribution is 6.40. The minimum Gasteiger partial charge on any atom is -0.388 e. The number of aromatic nitrogens is 3. The zero-order chi connectivity index (χ0) is 18.5. The Morgan fingerprint density at radius 3 is 2.50 bits per heavy atom. The zero-order valence-electron chi connectivity index (χ0n) is 13.3. The monoisotopic (exact) mass is 389 g/mol. The molecule has 0 aliphatic heterocycles. The third-order valence-electron chi connectivity index (χ3n) is 3.31. The van der Waals surface area contributed by atoms with Gasteiger partial charge in [0.1, 0.15) is 18.2 Å². The Morgan fingerprint density at radius 2 is 1.77 bits per heavy atom. The summed E-state index contributed by atoms with van der Waals surface area (Å²) in [4.78, 5) is 24.6. The van der Waals surface area contributed by atoms with Gasteiger partial charge in [-0.25, -0.2) is 15.0 Å². The average Bonchev–Trinajstić information content (AvgIpc) is 2.62. The first-order valence-corrected chi connectivity index (χ1v) is 8.23. The number of halogens is 2. The standard InChI is InChI=1S/C17H13Cl2N5O2/c18-11-2-1-3-12(19)16(11)17(26)22-10-4-6-20-14(8-10)23-13-5-7-21-15(9-25)24-13/h1-8,25H,9H2,(H2,20,21,22,23,24,26). The molecule has 0 aliphatic rings. The van der Waals surface area contributed by atoms with Crippen molar-refractivity contribution in [3.63, 3.8) is 0 Å². The summed E-state index contributed by atoms with van der Waals surface area (Å²) in [5.41, 5.74) is 0.700. The number of nitrogens with one attached hydrogen (secondary N) is 2. The second kappa shape index (κ2) is 8.09. The van der Waals surface area contributed by atoms with Crippen molar-refractivity contribution < 1.29 is 9.90 Å². The van der Waals surface area contributed by atoms with E-state index in [2.05, 4.69) is 25.6 Å². The lowest BCUT2D eigenvalue weighted by Gasteiger charge is -2.10. The molecule has 1 amide bonds. The van der Waals surface area contributed by atoms with E-state index in [4.69, 9.17) is 28.3 Å². The quantitative estimate of drug-likeness (QED) is 0.615. The topological polar surface area (TPSA) is 100 Å².